The Labute approximate surface area is 127 Å². The molecule has 0 bridgehead atoms. The topological polar surface area (TPSA) is 53.4 Å². The van der Waals surface area contributed by atoms with Crippen molar-refractivity contribution in [3.8, 4) is 0 Å². The van der Waals surface area contributed by atoms with E-state index in [-0.39, 0.29) is 6.04 Å². The molecule has 0 aliphatic heterocycles. The lowest BCUT2D eigenvalue weighted by molar-refractivity contribution is 0.0697. The first-order valence-corrected chi connectivity index (χ1v) is 7.93. The Kier molecular flexibility index (Phi) is 4.86. The Balaban J connectivity index is 2.50. The third kappa shape index (κ3) is 3.55. The Morgan fingerprint density at radius 1 is 1.29 bits per heavy atom. The summed E-state index contributed by atoms with van der Waals surface area (Å²) in [6.07, 6.45) is 4.20. The van der Waals surface area contributed by atoms with E-state index in [9.17, 15) is 9.90 Å². The number of aromatic carboxylic acids is 1. The second kappa shape index (κ2) is 6.46. The molecule has 0 fully saturated rings. The average Bonchev–Trinajstić information content (AvgIpc) is 2.42. The zero-order chi connectivity index (χ0) is 15.6. The molecule has 116 valence electrons. The summed E-state index contributed by atoms with van der Waals surface area (Å²) < 4.78 is 0. The predicted molar refractivity (Wildman–Crippen MR) is 85.2 cm³/mol. The molecule has 0 unspecified atom stereocenters. The highest BCUT2D eigenvalue weighted by Gasteiger charge is 2.24. The van der Waals surface area contributed by atoms with Crippen molar-refractivity contribution < 1.29 is 9.90 Å². The monoisotopic (exact) mass is 290 g/mol. The van der Waals surface area contributed by atoms with Gasteiger partial charge < -0.3 is 10.0 Å². The molecule has 0 atom stereocenters. The molecule has 0 saturated carbocycles. The average molecular weight is 290 g/mol. The van der Waals surface area contributed by atoms with Crippen LogP contribution in [0.15, 0.2) is 6.07 Å². The molecular formula is C17H26N2O2. The maximum absolute atomic E-state index is 11.7. The van der Waals surface area contributed by atoms with Gasteiger partial charge in [0.15, 0.2) is 0 Å². The van der Waals surface area contributed by atoms with E-state index in [1.807, 2.05) is 6.07 Å². The summed E-state index contributed by atoms with van der Waals surface area (Å²) in [6, 6.07) is 2.09. The molecule has 2 rings (SSSR count). The molecule has 1 aliphatic rings. The molecule has 0 amide bonds. The first-order valence-electron chi connectivity index (χ1n) is 7.93. The number of rotatable bonds is 5. The molecule has 0 spiro atoms. The Hall–Kier alpha value is -1.58. The maximum Gasteiger partial charge on any atom is 0.339 e. The summed E-state index contributed by atoms with van der Waals surface area (Å²) in [6.45, 7) is 9.30. The largest absolute Gasteiger partial charge is 0.478 e. The van der Waals surface area contributed by atoms with Gasteiger partial charge >= 0.3 is 5.97 Å². The van der Waals surface area contributed by atoms with E-state index in [1.165, 1.54) is 0 Å². The van der Waals surface area contributed by atoms with Crippen LogP contribution in [0.1, 0.15) is 62.2 Å². The number of nitrogens with zero attached hydrogens (tertiary/aromatic N) is 2. The highest BCUT2D eigenvalue weighted by Crippen LogP contribution is 2.28. The molecule has 1 aromatic heterocycles. The lowest BCUT2D eigenvalue weighted by Gasteiger charge is -2.32. The van der Waals surface area contributed by atoms with Gasteiger partial charge in [0.2, 0.25) is 0 Å². The van der Waals surface area contributed by atoms with Crippen molar-refractivity contribution >= 4 is 11.8 Å². The fourth-order valence-corrected chi connectivity index (χ4v) is 2.93. The van der Waals surface area contributed by atoms with Gasteiger partial charge in [-0.25, -0.2) is 9.78 Å². The lowest BCUT2D eigenvalue weighted by Crippen LogP contribution is -2.36. The Bertz CT molecular complexity index is 524. The van der Waals surface area contributed by atoms with E-state index < -0.39 is 5.97 Å². The molecule has 1 heterocycles. The Morgan fingerprint density at radius 3 is 2.52 bits per heavy atom. The molecule has 1 aromatic rings. The first kappa shape index (κ1) is 15.8. The van der Waals surface area contributed by atoms with Gasteiger partial charge in [0.25, 0.3) is 0 Å². The normalized spacial score (nSPS) is 14.4. The minimum absolute atomic E-state index is 0.236. The van der Waals surface area contributed by atoms with Gasteiger partial charge in [0, 0.05) is 18.3 Å². The minimum atomic E-state index is -0.875. The number of aryl methyl sites for hydroxylation is 2. The summed E-state index contributed by atoms with van der Waals surface area (Å²) in [5.74, 6) is 0.235. The van der Waals surface area contributed by atoms with Crippen molar-refractivity contribution in [2.75, 3.05) is 11.4 Å². The molecule has 4 nitrogen and oxygen atoms in total. The number of hydrogen-bond acceptors (Lipinski definition) is 3. The maximum atomic E-state index is 11.7. The smallest absolute Gasteiger partial charge is 0.339 e. The van der Waals surface area contributed by atoms with Crippen molar-refractivity contribution in [2.45, 2.75) is 59.4 Å². The van der Waals surface area contributed by atoms with Gasteiger partial charge in [0.1, 0.15) is 11.4 Å². The van der Waals surface area contributed by atoms with Crippen LogP contribution in [0.5, 0.6) is 0 Å². The molecule has 0 saturated heterocycles. The van der Waals surface area contributed by atoms with Crippen LogP contribution >= 0.6 is 0 Å². The van der Waals surface area contributed by atoms with E-state index in [0.29, 0.717) is 17.3 Å². The quantitative estimate of drug-likeness (QED) is 0.901. The van der Waals surface area contributed by atoms with Gasteiger partial charge in [-0.2, -0.15) is 0 Å². The van der Waals surface area contributed by atoms with Crippen molar-refractivity contribution in [2.24, 2.45) is 5.92 Å². The molecule has 0 radical (unpaired) electrons. The summed E-state index contributed by atoms with van der Waals surface area (Å²) in [7, 11) is 0. The van der Waals surface area contributed by atoms with Crippen molar-refractivity contribution in [3.63, 3.8) is 0 Å². The summed E-state index contributed by atoms with van der Waals surface area (Å²) in [4.78, 5) is 18.5. The van der Waals surface area contributed by atoms with Crippen LogP contribution in [0.2, 0.25) is 0 Å². The highest BCUT2D eigenvalue weighted by molar-refractivity contribution is 5.93. The lowest BCUT2D eigenvalue weighted by atomic mass is 9.94. The second-order valence-corrected chi connectivity index (χ2v) is 6.62. The molecule has 0 aromatic carbocycles. The fourth-order valence-electron chi connectivity index (χ4n) is 2.93. The van der Waals surface area contributed by atoms with Crippen LogP contribution in [0.4, 0.5) is 5.82 Å². The summed E-state index contributed by atoms with van der Waals surface area (Å²) in [5, 5.41) is 9.57. The number of aromatic nitrogens is 1. The molecule has 21 heavy (non-hydrogen) atoms. The number of carboxylic acid groups (broad SMARTS) is 1. The van der Waals surface area contributed by atoms with Crippen molar-refractivity contribution in [1.29, 1.82) is 0 Å². The number of pyridine rings is 1. The van der Waals surface area contributed by atoms with Gasteiger partial charge in [0.05, 0.1) is 0 Å². The molecule has 1 aliphatic carbocycles. The Morgan fingerprint density at radius 2 is 1.95 bits per heavy atom. The SMILES string of the molecule is CC(C)CN(c1nc2c(cc1C(=O)O)CCCC2)C(C)C. The van der Waals surface area contributed by atoms with Gasteiger partial charge in [-0.15, -0.1) is 0 Å². The molecular weight excluding hydrogens is 264 g/mol. The standard InChI is InChI=1S/C17H26N2O2/c1-11(2)10-19(12(3)4)16-14(17(20)21)9-13-7-5-6-8-15(13)18-16/h9,11-12H,5-8,10H2,1-4H3,(H,20,21). The number of anilines is 1. The molecule has 4 heteroatoms. The van der Waals surface area contributed by atoms with Crippen LogP contribution < -0.4 is 4.90 Å². The third-order valence-corrected chi connectivity index (χ3v) is 3.97. The molecule has 1 N–H and O–H groups in total. The van der Waals surface area contributed by atoms with Crippen molar-refractivity contribution in [1.82, 2.24) is 4.98 Å². The number of hydrogen-bond donors (Lipinski definition) is 1. The zero-order valence-electron chi connectivity index (χ0n) is 13.5. The van der Waals surface area contributed by atoms with E-state index >= 15 is 0 Å². The van der Waals surface area contributed by atoms with E-state index in [0.717, 1.165) is 43.5 Å². The second-order valence-electron chi connectivity index (χ2n) is 6.62. The van der Waals surface area contributed by atoms with Gasteiger partial charge in [-0.1, -0.05) is 13.8 Å². The minimum Gasteiger partial charge on any atom is -0.478 e. The van der Waals surface area contributed by atoms with Crippen LogP contribution in [0.3, 0.4) is 0 Å². The van der Waals surface area contributed by atoms with Crippen molar-refractivity contribution in [3.05, 3.63) is 22.9 Å². The predicted octanol–water partition coefficient (Wildman–Crippen LogP) is 3.53. The third-order valence-electron chi connectivity index (χ3n) is 3.97. The van der Waals surface area contributed by atoms with E-state index in [4.69, 9.17) is 4.98 Å². The van der Waals surface area contributed by atoms with Crippen LogP contribution in [-0.4, -0.2) is 28.6 Å². The first-order chi connectivity index (χ1) is 9.90. The summed E-state index contributed by atoms with van der Waals surface area (Å²) in [5.41, 5.74) is 2.57. The number of carboxylic acids is 1. The zero-order valence-corrected chi connectivity index (χ0v) is 13.5. The van der Waals surface area contributed by atoms with E-state index in [1.54, 1.807) is 0 Å². The van der Waals surface area contributed by atoms with Crippen LogP contribution in [-0.2, 0) is 12.8 Å². The fraction of sp³-hybridized carbons (Fsp3) is 0.647. The van der Waals surface area contributed by atoms with Crippen LogP contribution in [0, 0.1) is 5.92 Å². The highest BCUT2D eigenvalue weighted by atomic mass is 16.4. The van der Waals surface area contributed by atoms with Crippen LogP contribution in [0.25, 0.3) is 0 Å². The van der Waals surface area contributed by atoms with E-state index in [2.05, 4.69) is 32.6 Å². The van der Waals surface area contributed by atoms with Gasteiger partial charge in [-0.3, -0.25) is 0 Å². The summed E-state index contributed by atoms with van der Waals surface area (Å²) >= 11 is 0. The number of carbonyl (C=O) groups is 1. The number of fused-ring (bicyclic) bond motifs is 1. The van der Waals surface area contributed by atoms with Gasteiger partial charge in [-0.05, 0) is 57.1 Å².